The third-order valence-corrected chi connectivity index (χ3v) is 3.21. The molecule has 0 N–H and O–H groups in total. The van der Waals surface area contributed by atoms with Crippen LogP contribution in [0.3, 0.4) is 0 Å². The standard InChI is InChI=1S/C15H32.Zn/c1-3-5-7-9-11-13-15-14-12-10-8-6-4-2;/h3-15H2,1-2H3;. The Labute approximate surface area is 117 Å². The number of hydrogen-bond donors (Lipinski definition) is 0. The quantitative estimate of drug-likeness (QED) is 0.299. The Morgan fingerprint density at radius 1 is 0.375 bits per heavy atom. The summed E-state index contributed by atoms with van der Waals surface area (Å²) in [7, 11) is 0. The molecule has 0 saturated heterocycles. The molecule has 0 aromatic carbocycles. The second kappa shape index (κ2) is 18.0. The van der Waals surface area contributed by atoms with E-state index in [-0.39, 0.29) is 19.5 Å². The van der Waals surface area contributed by atoms with Crippen LogP contribution in [-0.4, -0.2) is 0 Å². The first-order chi connectivity index (χ1) is 7.41. The topological polar surface area (TPSA) is 0 Å². The second-order valence-corrected chi connectivity index (χ2v) is 4.89. The van der Waals surface area contributed by atoms with Crippen molar-refractivity contribution < 1.29 is 19.5 Å². The van der Waals surface area contributed by atoms with Gasteiger partial charge in [0.15, 0.2) is 0 Å². The van der Waals surface area contributed by atoms with Gasteiger partial charge in [0.25, 0.3) is 0 Å². The molecule has 0 atom stereocenters. The smallest absolute Gasteiger partial charge is 0 e. The van der Waals surface area contributed by atoms with E-state index in [0.29, 0.717) is 0 Å². The molecule has 0 bridgehead atoms. The van der Waals surface area contributed by atoms with Crippen LogP contribution in [0.15, 0.2) is 0 Å². The fraction of sp³-hybridized carbons (Fsp3) is 1.00. The van der Waals surface area contributed by atoms with Crippen molar-refractivity contribution in [1.82, 2.24) is 0 Å². The van der Waals surface area contributed by atoms with E-state index in [1.165, 1.54) is 83.5 Å². The summed E-state index contributed by atoms with van der Waals surface area (Å²) < 4.78 is 0. The van der Waals surface area contributed by atoms with Crippen molar-refractivity contribution in [2.45, 2.75) is 97.3 Å². The fourth-order valence-corrected chi connectivity index (χ4v) is 2.09. The monoisotopic (exact) mass is 276 g/mol. The van der Waals surface area contributed by atoms with Crippen LogP contribution in [0.5, 0.6) is 0 Å². The van der Waals surface area contributed by atoms with Crippen molar-refractivity contribution in [3.05, 3.63) is 0 Å². The molecule has 0 aliphatic carbocycles. The Balaban J connectivity index is 0. The average molecular weight is 278 g/mol. The predicted molar refractivity (Wildman–Crippen MR) is 71.4 cm³/mol. The van der Waals surface area contributed by atoms with E-state index in [1.807, 2.05) is 0 Å². The van der Waals surface area contributed by atoms with Gasteiger partial charge in [0.2, 0.25) is 0 Å². The van der Waals surface area contributed by atoms with E-state index in [9.17, 15) is 0 Å². The van der Waals surface area contributed by atoms with Crippen LogP contribution in [0.1, 0.15) is 97.3 Å². The molecule has 0 unspecified atom stereocenters. The van der Waals surface area contributed by atoms with Crippen molar-refractivity contribution in [1.29, 1.82) is 0 Å². The third-order valence-electron chi connectivity index (χ3n) is 3.21. The molecule has 1 heteroatoms. The summed E-state index contributed by atoms with van der Waals surface area (Å²) in [6, 6.07) is 0. The zero-order valence-corrected chi connectivity index (χ0v) is 14.9. The minimum Gasteiger partial charge on any atom is -0.0654 e. The van der Waals surface area contributed by atoms with Crippen molar-refractivity contribution in [3.8, 4) is 0 Å². The van der Waals surface area contributed by atoms with Gasteiger partial charge in [0, 0.05) is 19.5 Å². The van der Waals surface area contributed by atoms with E-state index >= 15 is 0 Å². The molecule has 0 aromatic heterocycles. The Kier molecular flexibility index (Phi) is 21.3. The van der Waals surface area contributed by atoms with Crippen LogP contribution in [0, 0.1) is 0 Å². The summed E-state index contributed by atoms with van der Waals surface area (Å²) in [6.07, 6.45) is 18.9. The summed E-state index contributed by atoms with van der Waals surface area (Å²) in [6.45, 7) is 4.58. The maximum absolute atomic E-state index is 2.29. The third kappa shape index (κ3) is 17.0. The molecule has 94 valence electrons. The number of rotatable bonds is 12. The van der Waals surface area contributed by atoms with Gasteiger partial charge in [-0.05, 0) is 0 Å². The zero-order valence-electron chi connectivity index (χ0n) is 11.9. The fourth-order valence-electron chi connectivity index (χ4n) is 2.09. The van der Waals surface area contributed by atoms with E-state index in [2.05, 4.69) is 13.8 Å². The minimum absolute atomic E-state index is 0. The molecule has 0 amide bonds. The van der Waals surface area contributed by atoms with Crippen molar-refractivity contribution in [3.63, 3.8) is 0 Å². The van der Waals surface area contributed by atoms with Crippen molar-refractivity contribution in [2.24, 2.45) is 0 Å². The summed E-state index contributed by atoms with van der Waals surface area (Å²) in [5, 5.41) is 0. The summed E-state index contributed by atoms with van der Waals surface area (Å²) >= 11 is 0. The molecular formula is C15H32Zn. The van der Waals surface area contributed by atoms with Gasteiger partial charge in [-0.1, -0.05) is 97.3 Å². The van der Waals surface area contributed by atoms with Crippen LogP contribution in [-0.2, 0) is 19.5 Å². The van der Waals surface area contributed by atoms with Crippen LogP contribution >= 0.6 is 0 Å². The molecule has 0 saturated carbocycles. The van der Waals surface area contributed by atoms with Gasteiger partial charge in [0.05, 0.1) is 0 Å². The first-order valence-electron chi connectivity index (χ1n) is 7.41. The molecule has 0 aliphatic rings. The summed E-state index contributed by atoms with van der Waals surface area (Å²) in [5.41, 5.74) is 0. The van der Waals surface area contributed by atoms with E-state index in [4.69, 9.17) is 0 Å². The first-order valence-corrected chi connectivity index (χ1v) is 7.41. The van der Waals surface area contributed by atoms with Gasteiger partial charge in [-0.15, -0.1) is 0 Å². The Morgan fingerprint density at radius 3 is 0.750 bits per heavy atom. The van der Waals surface area contributed by atoms with Crippen molar-refractivity contribution in [2.75, 3.05) is 0 Å². The number of unbranched alkanes of at least 4 members (excludes halogenated alkanes) is 12. The maximum atomic E-state index is 2.29. The van der Waals surface area contributed by atoms with Gasteiger partial charge in [-0.25, -0.2) is 0 Å². The van der Waals surface area contributed by atoms with Crippen LogP contribution < -0.4 is 0 Å². The molecular weight excluding hydrogens is 246 g/mol. The number of hydrogen-bond acceptors (Lipinski definition) is 0. The van der Waals surface area contributed by atoms with E-state index in [1.54, 1.807) is 0 Å². The second-order valence-electron chi connectivity index (χ2n) is 4.89. The van der Waals surface area contributed by atoms with Gasteiger partial charge < -0.3 is 0 Å². The first kappa shape index (κ1) is 19.0. The average Bonchev–Trinajstić information content (AvgIpc) is 2.26. The van der Waals surface area contributed by atoms with Crippen LogP contribution in [0.4, 0.5) is 0 Å². The Morgan fingerprint density at radius 2 is 0.562 bits per heavy atom. The minimum atomic E-state index is 0. The maximum Gasteiger partial charge on any atom is 0 e. The van der Waals surface area contributed by atoms with Gasteiger partial charge in [-0.2, -0.15) is 0 Å². The zero-order chi connectivity index (χ0) is 11.2. The predicted octanol–water partition coefficient (Wildman–Crippen LogP) is 6.10. The van der Waals surface area contributed by atoms with Crippen molar-refractivity contribution >= 4 is 0 Å². The Bertz CT molecular complexity index is 89.6. The molecule has 0 aliphatic heterocycles. The SMILES string of the molecule is CCCCCCCCCCCCCCC.[Zn]. The van der Waals surface area contributed by atoms with E-state index in [0.717, 1.165) is 0 Å². The largest absolute Gasteiger partial charge is 0.0654 e. The summed E-state index contributed by atoms with van der Waals surface area (Å²) in [4.78, 5) is 0. The van der Waals surface area contributed by atoms with Gasteiger partial charge in [-0.3, -0.25) is 0 Å². The molecule has 0 radical (unpaired) electrons. The molecule has 0 spiro atoms. The molecule has 0 aromatic rings. The van der Waals surface area contributed by atoms with Gasteiger partial charge >= 0.3 is 0 Å². The summed E-state index contributed by atoms with van der Waals surface area (Å²) in [5.74, 6) is 0. The van der Waals surface area contributed by atoms with E-state index < -0.39 is 0 Å². The molecule has 0 nitrogen and oxygen atoms in total. The molecule has 0 fully saturated rings. The Hall–Kier alpha value is 0.623. The van der Waals surface area contributed by atoms with Crippen LogP contribution in [0.25, 0.3) is 0 Å². The van der Waals surface area contributed by atoms with Crippen LogP contribution in [0.2, 0.25) is 0 Å². The molecule has 16 heavy (non-hydrogen) atoms. The molecule has 0 rings (SSSR count). The van der Waals surface area contributed by atoms with Gasteiger partial charge in [0.1, 0.15) is 0 Å². The molecule has 0 heterocycles. The normalized spacial score (nSPS) is 10.1.